The van der Waals surface area contributed by atoms with E-state index in [0.717, 1.165) is 6.42 Å². The van der Waals surface area contributed by atoms with E-state index >= 15 is 0 Å². The predicted octanol–water partition coefficient (Wildman–Crippen LogP) is 3.34. The molecule has 0 amide bonds. The SMILES string of the molecule is CCCC(C)(C)CC(C)COC#N. The standard InChI is InChI=1S/C11H21NO/c1-5-6-11(3,4)7-10(2)8-13-9-12/h10H,5-8H2,1-4H3. The Morgan fingerprint density at radius 2 is 2.08 bits per heavy atom. The Bertz CT molecular complexity index is 169. The molecule has 76 valence electrons. The van der Waals surface area contributed by atoms with Crippen molar-refractivity contribution in [3.8, 4) is 6.26 Å². The van der Waals surface area contributed by atoms with Crippen molar-refractivity contribution in [1.82, 2.24) is 0 Å². The number of ether oxygens (including phenoxy) is 1. The largest absolute Gasteiger partial charge is 0.427 e. The maximum Gasteiger partial charge on any atom is 0.286 e. The molecule has 0 rings (SSSR count). The maximum atomic E-state index is 8.24. The van der Waals surface area contributed by atoms with Crippen LogP contribution < -0.4 is 0 Å². The zero-order chi connectivity index (χ0) is 10.3. The van der Waals surface area contributed by atoms with Gasteiger partial charge in [-0.2, -0.15) is 5.26 Å². The minimum absolute atomic E-state index is 0.382. The molecule has 0 aromatic heterocycles. The second kappa shape index (κ2) is 5.85. The Morgan fingerprint density at radius 1 is 1.46 bits per heavy atom. The van der Waals surface area contributed by atoms with E-state index in [4.69, 9.17) is 10.00 Å². The molecule has 0 aromatic carbocycles. The highest BCUT2D eigenvalue weighted by molar-refractivity contribution is 4.71. The summed E-state index contributed by atoms with van der Waals surface area (Å²) in [4.78, 5) is 0. The van der Waals surface area contributed by atoms with Gasteiger partial charge in [-0.05, 0) is 24.2 Å². The van der Waals surface area contributed by atoms with Crippen LogP contribution in [-0.2, 0) is 4.74 Å². The molecule has 2 heteroatoms. The zero-order valence-electron chi connectivity index (χ0n) is 9.26. The summed E-state index contributed by atoms with van der Waals surface area (Å²) in [6, 6.07) is 0. The van der Waals surface area contributed by atoms with Gasteiger partial charge in [0.2, 0.25) is 0 Å². The van der Waals surface area contributed by atoms with Gasteiger partial charge in [0.1, 0.15) is 6.61 Å². The number of nitrogens with zero attached hydrogens (tertiary/aromatic N) is 1. The molecule has 13 heavy (non-hydrogen) atoms. The van der Waals surface area contributed by atoms with Gasteiger partial charge in [0.15, 0.2) is 0 Å². The molecule has 0 aliphatic rings. The molecule has 0 heterocycles. The third-order valence-electron chi connectivity index (χ3n) is 2.26. The van der Waals surface area contributed by atoms with E-state index < -0.39 is 0 Å². The van der Waals surface area contributed by atoms with Gasteiger partial charge < -0.3 is 4.74 Å². The molecule has 0 fully saturated rings. The van der Waals surface area contributed by atoms with Crippen molar-refractivity contribution >= 4 is 0 Å². The van der Waals surface area contributed by atoms with Crippen LogP contribution in [0.5, 0.6) is 0 Å². The maximum absolute atomic E-state index is 8.24. The Morgan fingerprint density at radius 3 is 2.54 bits per heavy atom. The molecule has 0 bridgehead atoms. The number of hydrogen-bond donors (Lipinski definition) is 0. The number of hydrogen-bond acceptors (Lipinski definition) is 2. The van der Waals surface area contributed by atoms with Crippen LogP contribution in [0, 0.1) is 22.9 Å². The van der Waals surface area contributed by atoms with Crippen LogP contribution >= 0.6 is 0 Å². The van der Waals surface area contributed by atoms with E-state index in [1.54, 1.807) is 6.26 Å². The fraction of sp³-hybridized carbons (Fsp3) is 0.909. The van der Waals surface area contributed by atoms with E-state index in [9.17, 15) is 0 Å². The monoisotopic (exact) mass is 183 g/mol. The molecule has 0 spiro atoms. The third-order valence-corrected chi connectivity index (χ3v) is 2.26. The summed E-state index contributed by atoms with van der Waals surface area (Å²) in [5, 5.41) is 8.24. The lowest BCUT2D eigenvalue weighted by molar-refractivity contribution is 0.166. The topological polar surface area (TPSA) is 33.0 Å². The average Bonchev–Trinajstić information content (AvgIpc) is 1.99. The molecular weight excluding hydrogens is 162 g/mol. The fourth-order valence-electron chi connectivity index (χ4n) is 1.96. The molecule has 2 nitrogen and oxygen atoms in total. The van der Waals surface area contributed by atoms with Crippen molar-refractivity contribution in [2.75, 3.05) is 6.61 Å². The van der Waals surface area contributed by atoms with Gasteiger partial charge in [-0.15, -0.1) is 0 Å². The normalized spacial score (nSPS) is 13.5. The summed E-state index contributed by atoms with van der Waals surface area (Å²) in [5.74, 6) is 0.473. The second-order valence-electron chi connectivity index (χ2n) is 4.63. The van der Waals surface area contributed by atoms with Crippen LogP contribution in [-0.4, -0.2) is 6.61 Å². The van der Waals surface area contributed by atoms with Gasteiger partial charge >= 0.3 is 0 Å². The van der Waals surface area contributed by atoms with Crippen molar-refractivity contribution < 1.29 is 4.74 Å². The summed E-state index contributed by atoms with van der Waals surface area (Å²) in [6.45, 7) is 9.45. The average molecular weight is 183 g/mol. The lowest BCUT2D eigenvalue weighted by atomic mass is 9.80. The van der Waals surface area contributed by atoms with Crippen LogP contribution in [0.25, 0.3) is 0 Å². The highest BCUT2D eigenvalue weighted by Gasteiger charge is 2.20. The molecule has 1 atom stereocenters. The van der Waals surface area contributed by atoms with Crippen molar-refractivity contribution in [3.05, 3.63) is 0 Å². The van der Waals surface area contributed by atoms with E-state index in [-0.39, 0.29) is 0 Å². The Labute approximate surface area is 81.9 Å². The Kier molecular flexibility index (Phi) is 5.53. The smallest absolute Gasteiger partial charge is 0.286 e. The summed E-state index contributed by atoms with van der Waals surface area (Å²) in [7, 11) is 0. The molecular formula is C11H21NO. The molecule has 0 aliphatic heterocycles. The van der Waals surface area contributed by atoms with Gasteiger partial charge in [0, 0.05) is 0 Å². The van der Waals surface area contributed by atoms with Crippen molar-refractivity contribution in [2.45, 2.75) is 47.0 Å². The van der Waals surface area contributed by atoms with Gasteiger partial charge in [0.05, 0.1) is 0 Å². The van der Waals surface area contributed by atoms with Crippen molar-refractivity contribution in [2.24, 2.45) is 11.3 Å². The quantitative estimate of drug-likeness (QED) is 0.592. The van der Waals surface area contributed by atoms with Crippen LogP contribution in [0.4, 0.5) is 0 Å². The van der Waals surface area contributed by atoms with Gasteiger partial charge in [-0.3, -0.25) is 0 Å². The first-order valence-electron chi connectivity index (χ1n) is 5.02. The van der Waals surface area contributed by atoms with E-state index in [1.165, 1.54) is 12.8 Å². The lowest BCUT2D eigenvalue weighted by Gasteiger charge is -2.26. The van der Waals surface area contributed by atoms with Gasteiger partial charge in [-0.1, -0.05) is 34.1 Å². The highest BCUT2D eigenvalue weighted by atomic mass is 16.5. The minimum Gasteiger partial charge on any atom is -0.427 e. The summed E-state index contributed by atoms with van der Waals surface area (Å²) in [5.41, 5.74) is 0.382. The molecule has 0 saturated heterocycles. The summed E-state index contributed by atoms with van der Waals surface area (Å²) >= 11 is 0. The lowest BCUT2D eigenvalue weighted by Crippen LogP contribution is -2.17. The van der Waals surface area contributed by atoms with Crippen LogP contribution in [0.15, 0.2) is 0 Å². The third kappa shape index (κ3) is 6.45. The molecule has 0 aliphatic carbocycles. The zero-order valence-corrected chi connectivity index (χ0v) is 9.26. The second-order valence-corrected chi connectivity index (χ2v) is 4.63. The Balaban J connectivity index is 3.76. The predicted molar refractivity (Wildman–Crippen MR) is 54.0 cm³/mol. The molecule has 0 N–H and O–H groups in total. The van der Waals surface area contributed by atoms with Crippen molar-refractivity contribution in [1.29, 1.82) is 5.26 Å². The molecule has 0 aromatic rings. The van der Waals surface area contributed by atoms with E-state index in [2.05, 4.69) is 27.7 Å². The van der Waals surface area contributed by atoms with E-state index in [1.807, 2.05) is 0 Å². The first-order valence-corrected chi connectivity index (χ1v) is 5.02. The van der Waals surface area contributed by atoms with Gasteiger partial charge in [-0.25, -0.2) is 0 Å². The first kappa shape index (κ1) is 12.3. The highest BCUT2D eigenvalue weighted by Crippen LogP contribution is 2.30. The minimum atomic E-state index is 0.382. The van der Waals surface area contributed by atoms with E-state index in [0.29, 0.717) is 17.9 Å². The van der Waals surface area contributed by atoms with Crippen molar-refractivity contribution in [3.63, 3.8) is 0 Å². The number of rotatable bonds is 6. The fourth-order valence-corrected chi connectivity index (χ4v) is 1.96. The Hall–Kier alpha value is -0.710. The first-order chi connectivity index (χ1) is 6.02. The van der Waals surface area contributed by atoms with Crippen LogP contribution in [0.1, 0.15) is 47.0 Å². The molecule has 1 unspecified atom stereocenters. The van der Waals surface area contributed by atoms with Crippen LogP contribution in [0.2, 0.25) is 0 Å². The summed E-state index contributed by atoms with van der Waals surface area (Å²) in [6.07, 6.45) is 5.30. The number of nitriles is 1. The summed E-state index contributed by atoms with van der Waals surface area (Å²) < 4.78 is 4.72. The molecule has 0 radical (unpaired) electrons. The molecule has 0 saturated carbocycles. The van der Waals surface area contributed by atoms with Crippen LogP contribution in [0.3, 0.4) is 0 Å². The van der Waals surface area contributed by atoms with Gasteiger partial charge in [0.25, 0.3) is 6.26 Å².